The van der Waals surface area contributed by atoms with Crippen molar-refractivity contribution in [2.75, 3.05) is 24.6 Å². The molecule has 1 aromatic heterocycles. The molecule has 7 nitrogen and oxygen atoms in total. The summed E-state index contributed by atoms with van der Waals surface area (Å²) in [6.07, 6.45) is -2.97. The fourth-order valence-corrected chi connectivity index (χ4v) is 4.39. The van der Waals surface area contributed by atoms with Crippen molar-refractivity contribution < 1.29 is 32.2 Å². The van der Waals surface area contributed by atoms with Crippen LogP contribution in [-0.4, -0.2) is 42.3 Å². The summed E-state index contributed by atoms with van der Waals surface area (Å²) in [5.41, 5.74) is 1.19. The highest BCUT2D eigenvalue weighted by Gasteiger charge is 2.32. The van der Waals surface area contributed by atoms with Gasteiger partial charge in [0.05, 0.1) is 12.5 Å². The molecule has 0 spiro atoms. The van der Waals surface area contributed by atoms with Crippen LogP contribution in [0.3, 0.4) is 0 Å². The third-order valence-electron chi connectivity index (χ3n) is 6.35. The van der Waals surface area contributed by atoms with Gasteiger partial charge in [-0.1, -0.05) is 42.5 Å². The molecule has 0 saturated heterocycles. The summed E-state index contributed by atoms with van der Waals surface area (Å²) in [6.45, 7) is 5.95. The van der Waals surface area contributed by atoms with E-state index in [2.05, 4.69) is 10.3 Å². The number of fused-ring (bicyclic) bond motifs is 1. The van der Waals surface area contributed by atoms with Crippen LogP contribution in [0.4, 0.5) is 23.7 Å². The van der Waals surface area contributed by atoms with E-state index in [0.29, 0.717) is 29.2 Å². The molecule has 0 radical (unpaired) electrons. The van der Waals surface area contributed by atoms with Crippen molar-refractivity contribution in [2.45, 2.75) is 51.3 Å². The van der Waals surface area contributed by atoms with E-state index in [9.17, 15) is 22.8 Å². The maximum Gasteiger partial charge on any atom is 0.433 e. The molecule has 1 atom stereocenters. The first-order valence-corrected chi connectivity index (χ1v) is 13.0. The van der Waals surface area contributed by atoms with Crippen LogP contribution in [0.2, 0.25) is 0 Å². The number of carbonyl (C=O) groups is 2. The van der Waals surface area contributed by atoms with Gasteiger partial charge in [-0.25, -0.2) is 4.79 Å². The Morgan fingerprint density at radius 3 is 2.48 bits per heavy atom. The van der Waals surface area contributed by atoms with Crippen molar-refractivity contribution in [3.8, 4) is 5.75 Å². The topological polar surface area (TPSA) is 80.8 Å². The Kier molecular flexibility index (Phi) is 8.66. The summed E-state index contributed by atoms with van der Waals surface area (Å²) in [6, 6.07) is 16.9. The predicted octanol–water partition coefficient (Wildman–Crippen LogP) is 5.92. The van der Waals surface area contributed by atoms with Crippen LogP contribution in [0.15, 0.2) is 66.9 Å². The number of nitrogens with one attached hydrogen (secondary N) is 1. The molecule has 10 heteroatoms. The van der Waals surface area contributed by atoms with E-state index in [4.69, 9.17) is 9.47 Å². The van der Waals surface area contributed by atoms with Gasteiger partial charge < -0.3 is 19.7 Å². The summed E-state index contributed by atoms with van der Waals surface area (Å²) in [5, 5.41) is 2.71. The summed E-state index contributed by atoms with van der Waals surface area (Å²) in [4.78, 5) is 31.7. The van der Waals surface area contributed by atoms with E-state index in [0.717, 1.165) is 18.1 Å². The van der Waals surface area contributed by atoms with E-state index in [-0.39, 0.29) is 25.4 Å². The number of amides is 2. The largest absolute Gasteiger partial charge is 0.493 e. The first kappa shape index (κ1) is 28.9. The number of benzene rings is 2. The van der Waals surface area contributed by atoms with Crippen LogP contribution in [0, 0.1) is 0 Å². The minimum Gasteiger partial charge on any atom is -0.493 e. The average Bonchev–Trinajstić information content (AvgIpc) is 3.36. The van der Waals surface area contributed by atoms with Gasteiger partial charge in [-0.3, -0.25) is 9.78 Å². The number of alkyl halides is 3. The lowest BCUT2D eigenvalue weighted by molar-refractivity contribution is -0.141. The molecule has 1 aliphatic heterocycles. The second kappa shape index (κ2) is 12.0. The standard InChI is InChI=1S/C30H32F3N3O4/c1-29(2,3)40-28(38)35-19-24(21-7-5-4-6-8-21)27(37)36(23-11-10-22-14-16-39-25(22)17-23)15-13-20-9-12-26(34-18-20)30(31,32)33/h4-12,17-18,24H,13-16,19H2,1-3H3,(H,35,38)/t24-/m1/s1. The molecule has 3 aromatic rings. The SMILES string of the molecule is CC(C)(C)OC(=O)NC[C@@H](C(=O)N(CCc1ccc(C(F)(F)F)nc1)c1ccc2c(c1)OCC2)c1ccccc1. The molecule has 4 rings (SSSR count). The summed E-state index contributed by atoms with van der Waals surface area (Å²) in [5.74, 6) is -0.358. The monoisotopic (exact) mass is 555 g/mol. The van der Waals surface area contributed by atoms with E-state index < -0.39 is 29.5 Å². The lowest BCUT2D eigenvalue weighted by atomic mass is 9.96. The maximum atomic E-state index is 14.2. The van der Waals surface area contributed by atoms with Gasteiger partial charge >= 0.3 is 12.3 Å². The predicted molar refractivity (Wildman–Crippen MR) is 144 cm³/mol. The number of carbonyl (C=O) groups excluding carboxylic acids is 2. The van der Waals surface area contributed by atoms with E-state index in [1.54, 1.807) is 31.7 Å². The Morgan fingerprint density at radius 1 is 1.07 bits per heavy atom. The van der Waals surface area contributed by atoms with Crippen molar-refractivity contribution in [1.29, 1.82) is 0 Å². The highest BCUT2D eigenvalue weighted by molar-refractivity contribution is 5.98. The van der Waals surface area contributed by atoms with Gasteiger partial charge in [0.15, 0.2) is 0 Å². The van der Waals surface area contributed by atoms with Gasteiger partial charge in [0.25, 0.3) is 0 Å². The molecule has 2 heterocycles. The van der Waals surface area contributed by atoms with Crippen LogP contribution in [0.5, 0.6) is 5.75 Å². The van der Waals surface area contributed by atoms with Gasteiger partial charge in [0.1, 0.15) is 17.0 Å². The van der Waals surface area contributed by atoms with Crippen LogP contribution in [0.25, 0.3) is 0 Å². The molecular weight excluding hydrogens is 523 g/mol. The second-order valence-corrected chi connectivity index (χ2v) is 10.5. The van der Waals surface area contributed by atoms with E-state index in [1.807, 2.05) is 42.5 Å². The van der Waals surface area contributed by atoms with E-state index >= 15 is 0 Å². The highest BCUT2D eigenvalue weighted by atomic mass is 19.4. The molecule has 2 aromatic carbocycles. The number of alkyl carbamates (subject to hydrolysis) is 1. The number of hydrogen-bond acceptors (Lipinski definition) is 5. The number of halogens is 3. The molecule has 0 bridgehead atoms. The molecular formula is C30H32F3N3O4. The van der Waals surface area contributed by atoms with Gasteiger partial charge in [-0.15, -0.1) is 0 Å². The Hall–Kier alpha value is -4.08. The minimum absolute atomic E-state index is 0.0163. The van der Waals surface area contributed by atoms with Crippen molar-refractivity contribution in [2.24, 2.45) is 0 Å². The van der Waals surface area contributed by atoms with Crippen molar-refractivity contribution >= 4 is 17.7 Å². The molecule has 1 aliphatic rings. The fourth-order valence-electron chi connectivity index (χ4n) is 4.39. The molecule has 0 saturated carbocycles. The van der Waals surface area contributed by atoms with Gasteiger partial charge in [0, 0.05) is 37.5 Å². The zero-order chi connectivity index (χ0) is 28.9. The first-order valence-electron chi connectivity index (χ1n) is 13.0. The highest BCUT2D eigenvalue weighted by Crippen LogP contribution is 2.32. The van der Waals surface area contributed by atoms with Crippen LogP contribution < -0.4 is 15.0 Å². The van der Waals surface area contributed by atoms with Gasteiger partial charge in [-0.05, 0) is 56.0 Å². The Balaban J connectivity index is 1.62. The minimum atomic E-state index is -4.53. The number of pyridine rings is 1. The fraction of sp³-hybridized carbons (Fsp3) is 0.367. The number of nitrogens with zero attached hydrogens (tertiary/aromatic N) is 2. The van der Waals surface area contributed by atoms with Gasteiger partial charge in [-0.2, -0.15) is 13.2 Å². The summed E-state index contributed by atoms with van der Waals surface area (Å²) in [7, 11) is 0. The Bertz CT molecular complexity index is 1320. The zero-order valence-corrected chi connectivity index (χ0v) is 22.6. The summed E-state index contributed by atoms with van der Waals surface area (Å²) >= 11 is 0. The molecule has 0 fully saturated rings. The lowest BCUT2D eigenvalue weighted by Crippen LogP contribution is -2.42. The molecule has 212 valence electrons. The third kappa shape index (κ3) is 7.52. The zero-order valence-electron chi connectivity index (χ0n) is 22.6. The normalized spacial score (nSPS) is 13.7. The number of rotatable bonds is 8. The number of hydrogen-bond donors (Lipinski definition) is 1. The molecule has 0 unspecified atom stereocenters. The van der Waals surface area contributed by atoms with Crippen LogP contribution in [-0.2, 0) is 28.5 Å². The molecule has 2 amide bonds. The number of anilines is 1. The number of ether oxygens (including phenoxy) is 2. The van der Waals surface area contributed by atoms with Crippen molar-refractivity contribution in [3.63, 3.8) is 0 Å². The number of aromatic nitrogens is 1. The molecule has 0 aliphatic carbocycles. The van der Waals surface area contributed by atoms with Gasteiger partial charge in [0.2, 0.25) is 5.91 Å². The quantitative estimate of drug-likeness (QED) is 0.373. The maximum absolute atomic E-state index is 14.2. The third-order valence-corrected chi connectivity index (χ3v) is 6.35. The van der Waals surface area contributed by atoms with Crippen molar-refractivity contribution in [3.05, 3.63) is 89.2 Å². The second-order valence-electron chi connectivity index (χ2n) is 10.5. The average molecular weight is 556 g/mol. The van der Waals surface area contributed by atoms with Crippen LogP contribution >= 0.6 is 0 Å². The molecule has 40 heavy (non-hydrogen) atoms. The lowest BCUT2D eigenvalue weighted by Gasteiger charge is -2.29. The summed E-state index contributed by atoms with van der Waals surface area (Å²) < 4.78 is 50.0. The van der Waals surface area contributed by atoms with E-state index in [1.165, 1.54) is 12.3 Å². The smallest absolute Gasteiger partial charge is 0.433 e. The Morgan fingerprint density at radius 2 is 1.82 bits per heavy atom. The molecule has 1 N–H and O–H groups in total. The van der Waals surface area contributed by atoms with Crippen molar-refractivity contribution in [1.82, 2.24) is 10.3 Å². The van der Waals surface area contributed by atoms with Crippen LogP contribution in [0.1, 0.15) is 49.1 Å². The Labute approximate surface area is 231 Å². The first-order chi connectivity index (χ1) is 18.9.